The second-order valence-electron chi connectivity index (χ2n) is 5.32. The zero-order valence-corrected chi connectivity index (χ0v) is 14.9. The Morgan fingerprint density at radius 2 is 1.95 bits per heavy atom. The molecule has 7 heteroatoms. The molecule has 1 saturated heterocycles. The van der Waals surface area contributed by atoms with E-state index >= 15 is 0 Å². The lowest BCUT2D eigenvalue weighted by Gasteiger charge is -2.27. The third-order valence-corrected chi connectivity index (χ3v) is 6.90. The highest BCUT2D eigenvalue weighted by atomic mass is 35.5. The summed E-state index contributed by atoms with van der Waals surface area (Å²) in [4.78, 5) is 0.0565. The molecule has 1 unspecified atom stereocenters. The third kappa shape index (κ3) is 3.67. The van der Waals surface area contributed by atoms with Crippen molar-refractivity contribution in [3.63, 3.8) is 0 Å². The Morgan fingerprint density at radius 3 is 2.62 bits per heavy atom. The van der Waals surface area contributed by atoms with Crippen LogP contribution in [0.5, 0.6) is 0 Å². The fraction of sp³-hybridized carbons (Fsp3) is 0.571. The Kier molecular flexibility index (Phi) is 5.83. The molecular formula is C14H18Cl3NO2S. The van der Waals surface area contributed by atoms with Crippen LogP contribution in [0, 0.1) is 0 Å². The summed E-state index contributed by atoms with van der Waals surface area (Å²) in [5.41, 5.74) is 0.534. The quantitative estimate of drug-likeness (QED) is 0.724. The predicted molar refractivity (Wildman–Crippen MR) is 87.8 cm³/mol. The van der Waals surface area contributed by atoms with E-state index in [9.17, 15) is 8.42 Å². The van der Waals surface area contributed by atoms with Gasteiger partial charge in [0.15, 0.2) is 0 Å². The van der Waals surface area contributed by atoms with Gasteiger partial charge in [0.1, 0.15) is 4.90 Å². The minimum atomic E-state index is -3.66. The first-order chi connectivity index (χ1) is 9.87. The van der Waals surface area contributed by atoms with Crippen LogP contribution in [0.4, 0.5) is 0 Å². The van der Waals surface area contributed by atoms with Crippen LogP contribution in [0.2, 0.25) is 10.0 Å². The summed E-state index contributed by atoms with van der Waals surface area (Å²) in [5.74, 6) is 0.122. The molecule has 1 aromatic rings. The molecule has 1 heterocycles. The van der Waals surface area contributed by atoms with Gasteiger partial charge in [-0.1, -0.05) is 36.0 Å². The average molecular weight is 371 g/mol. The molecule has 0 bridgehead atoms. The number of alkyl halides is 1. The normalized spacial score (nSPS) is 21.2. The first kappa shape index (κ1) is 17.4. The van der Waals surface area contributed by atoms with Gasteiger partial charge >= 0.3 is 0 Å². The number of sulfonamides is 1. The summed E-state index contributed by atoms with van der Waals surface area (Å²) in [7, 11) is -3.66. The lowest BCUT2D eigenvalue weighted by Crippen LogP contribution is -2.38. The lowest BCUT2D eigenvalue weighted by molar-refractivity contribution is 0.342. The van der Waals surface area contributed by atoms with Gasteiger partial charge in [0.2, 0.25) is 10.0 Å². The first-order valence-corrected chi connectivity index (χ1v) is 9.66. The molecule has 118 valence electrons. The van der Waals surface area contributed by atoms with Crippen LogP contribution in [-0.2, 0) is 15.9 Å². The monoisotopic (exact) mass is 369 g/mol. The fourth-order valence-corrected chi connectivity index (χ4v) is 5.52. The molecule has 0 spiro atoms. The van der Waals surface area contributed by atoms with Crippen LogP contribution in [0.1, 0.15) is 38.2 Å². The van der Waals surface area contributed by atoms with E-state index < -0.39 is 10.0 Å². The summed E-state index contributed by atoms with van der Waals surface area (Å²) in [6.07, 6.45) is 3.82. The second-order valence-corrected chi connectivity index (χ2v) is 8.27. The summed E-state index contributed by atoms with van der Waals surface area (Å²) in [6.45, 7) is 2.45. The highest BCUT2D eigenvalue weighted by Gasteiger charge is 2.32. The highest BCUT2D eigenvalue weighted by molar-refractivity contribution is 7.89. The van der Waals surface area contributed by atoms with E-state index in [1.807, 2.05) is 6.92 Å². The van der Waals surface area contributed by atoms with Crippen molar-refractivity contribution >= 4 is 44.8 Å². The van der Waals surface area contributed by atoms with E-state index in [-0.39, 0.29) is 21.8 Å². The van der Waals surface area contributed by atoms with Crippen LogP contribution >= 0.6 is 34.8 Å². The van der Waals surface area contributed by atoms with Gasteiger partial charge in [-0.05, 0) is 37.5 Å². The Labute approximate surface area is 141 Å². The first-order valence-electron chi connectivity index (χ1n) is 6.93. The molecule has 3 nitrogen and oxygen atoms in total. The summed E-state index contributed by atoms with van der Waals surface area (Å²) < 4.78 is 27.4. The Hall–Kier alpha value is -0.000000000000000111. The number of rotatable bonds is 3. The largest absolute Gasteiger partial charge is 0.244 e. The van der Waals surface area contributed by atoms with Gasteiger partial charge in [0, 0.05) is 23.5 Å². The van der Waals surface area contributed by atoms with Crippen molar-refractivity contribution in [2.45, 2.75) is 49.4 Å². The molecule has 1 aliphatic heterocycles. The number of benzene rings is 1. The van der Waals surface area contributed by atoms with Crippen LogP contribution in [0.15, 0.2) is 17.0 Å². The van der Waals surface area contributed by atoms with Gasteiger partial charge in [0.25, 0.3) is 0 Å². The van der Waals surface area contributed by atoms with E-state index in [1.165, 1.54) is 10.4 Å². The van der Waals surface area contributed by atoms with Gasteiger partial charge in [-0.3, -0.25) is 0 Å². The average Bonchev–Trinajstić information content (AvgIpc) is 2.65. The molecule has 1 atom stereocenters. The maximum Gasteiger partial charge on any atom is 0.244 e. The van der Waals surface area contributed by atoms with Crippen LogP contribution < -0.4 is 0 Å². The van der Waals surface area contributed by atoms with E-state index in [4.69, 9.17) is 34.8 Å². The summed E-state index contributed by atoms with van der Waals surface area (Å²) >= 11 is 18.1. The van der Waals surface area contributed by atoms with Gasteiger partial charge in [-0.2, -0.15) is 4.31 Å². The van der Waals surface area contributed by atoms with Crippen molar-refractivity contribution < 1.29 is 8.42 Å². The molecule has 0 N–H and O–H groups in total. The maximum absolute atomic E-state index is 12.9. The van der Waals surface area contributed by atoms with Gasteiger partial charge in [0.05, 0.1) is 5.02 Å². The Morgan fingerprint density at radius 1 is 1.24 bits per heavy atom. The van der Waals surface area contributed by atoms with Crippen molar-refractivity contribution in [2.75, 3.05) is 6.54 Å². The van der Waals surface area contributed by atoms with Crippen molar-refractivity contribution in [3.8, 4) is 0 Å². The molecule has 1 fully saturated rings. The topological polar surface area (TPSA) is 37.4 Å². The maximum atomic E-state index is 12.9. The Bertz CT molecular complexity index is 619. The van der Waals surface area contributed by atoms with Gasteiger partial charge in [-0.25, -0.2) is 8.42 Å². The Balaban J connectivity index is 2.50. The lowest BCUT2D eigenvalue weighted by atomic mass is 10.1. The minimum absolute atomic E-state index is 0.0352. The standard InChI is InChI=1S/C14H18Cl3NO2S/c1-10-5-3-2-4-6-18(10)21(19,20)13-8-12(16)7-11(9-15)14(13)17/h7-8,10H,2-6,9H2,1H3. The molecule has 0 aliphatic carbocycles. The van der Waals surface area contributed by atoms with E-state index in [1.54, 1.807) is 6.07 Å². The van der Waals surface area contributed by atoms with Crippen molar-refractivity contribution in [1.29, 1.82) is 0 Å². The third-order valence-electron chi connectivity index (χ3n) is 3.80. The number of hydrogen-bond acceptors (Lipinski definition) is 2. The molecule has 0 aromatic heterocycles. The van der Waals surface area contributed by atoms with Crippen molar-refractivity contribution in [2.24, 2.45) is 0 Å². The molecule has 0 saturated carbocycles. The zero-order valence-electron chi connectivity index (χ0n) is 11.8. The molecule has 0 radical (unpaired) electrons. The van der Waals surface area contributed by atoms with E-state index in [2.05, 4.69) is 0 Å². The van der Waals surface area contributed by atoms with Crippen LogP contribution in [0.25, 0.3) is 0 Å². The molecule has 1 aliphatic rings. The molecule has 0 amide bonds. The number of halogens is 3. The molecule has 21 heavy (non-hydrogen) atoms. The summed E-state index contributed by atoms with van der Waals surface area (Å²) in [6, 6.07) is 2.97. The predicted octanol–water partition coefficient (Wildman–Crippen LogP) is 4.69. The SMILES string of the molecule is CC1CCCCCN1S(=O)(=O)c1cc(Cl)cc(CCl)c1Cl. The number of hydrogen-bond donors (Lipinski definition) is 0. The van der Waals surface area contributed by atoms with Crippen LogP contribution in [-0.4, -0.2) is 25.3 Å². The molecular weight excluding hydrogens is 353 g/mol. The molecule has 1 aromatic carbocycles. The van der Waals surface area contributed by atoms with Gasteiger partial charge < -0.3 is 0 Å². The summed E-state index contributed by atoms with van der Waals surface area (Å²) in [5, 5.41) is 0.502. The number of nitrogens with zero attached hydrogens (tertiary/aromatic N) is 1. The smallest absolute Gasteiger partial charge is 0.207 e. The zero-order chi connectivity index (χ0) is 15.6. The minimum Gasteiger partial charge on any atom is -0.207 e. The van der Waals surface area contributed by atoms with Crippen LogP contribution in [0.3, 0.4) is 0 Å². The van der Waals surface area contributed by atoms with Gasteiger partial charge in [-0.15, -0.1) is 11.6 Å². The van der Waals surface area contributed by atoms with Crippen molar-refractivity contribution in [3.05, 3.63) is 27.7 Å². The molecule has 2 rings (SSSR count). The van der Waals surface area contributed by atoms with E-state index in [0.717, 1.165) is 25.7 Å². The second kappa shape index (κ2) is 7.05. The van der Waals surface area contributed by atoms with E-state index in [0.29, 0.717) is 17.1 Å². The van der Waals surface area contributed by atoms with Crippen molar-refractivity contribution in [1.82, 2.24) is 4.31 Å². The fourth-order valence-electron chi connectivity index (χ4n) is 2.64. The highest BCUT2D eigenvalue weighted by Crippen LogP contribution is 2.34.